The third-order valence-electron chi connectivity index (χ3n) is 6.31. The smallest absolute Gasteiger partial charge is 0.254 e. The van der Waals surface area contributed by atoms with E-state index in [-0.39, 0.29) is 24.9 Å². The van der Waals surface area contributed by atoms with Gasteiger partial charge >= 0.3 is 0 Å². The molecule has 200 valence electrons. The van der Waals surface area contributed by atoms with Crippen LogP contribution in [0.2, 0.25) is 5.02 Å². The lowest BCUT2D eigenvalue weighted by Gasteiger charge is -2.22. The summed E-state index contributed by atoms with van der Waals surface area (Å²) in [4.78, 5) is 33.1. The Morgan fingerprint density at radius 2 is 1.52 bits per heavy atom. The zero-order chi connectivity index (χ0) is 27.9. The molecule has 0 aliphatic carbocycles. The number of carbonyl (C=O) groups is 2. The second-order valence-electron chi connectivity index (χ2n) is 9.09. The number of hydrogen-bond acceptors (Lipinski definition) is 4. The average molecular weight is 551 g/mol. The van der Waals surface area contributed by atoms with E-state index in [4.69, 9.17) is 21.3 Å². The zero-order valence-corrected chi connectivity index (χ0v) is 22.6. The number of ether oxygens (including phenoxy) is 1. The highest BCUT2D eigenvalue weighted by atomic mass is 35.5. The predicted molar refractivity (Wildman–Crippen MR) is 157 cm³/mol. The highest BCUT2D eigenvalue weighted by Gasteiger charge is 2.21. The van der Waals surface area contributed by atoms with Crippen molar-refractivity contribution in [3.8, 4) is 22.7 Å². The minimum Gasteiger partial charge on any atom is -0.497 e. The van der Waals surface area contributed by atoms with Crippen LogP contribution in [0.3, 0.4) is 0 Å². The topological polar surface area (TPSA) is 76.5 Å². The van der Waals surface area contributed by atoms with Crippen LogP contribution in [-0.4, -0.2) is 39.9 Å². The Hall–Kier alpha value is -4.88. The number of aromatic nitrogens is 2. The molecule has 0 saturated heterocycles. The van der Waals surface area contributed by atoms with Gasteiger partial charge < -0.3 is 9.64 Å². The lowest BCUT2D eigenvalue weighted by molar-refractivity contribution is -0.117. The Kier molecular flexibility index (Phi) is 8.23. The second kappa shape index (κ2) is 12.3. The van der Waals surface area contributed by atoms with Gasteiger partial charge in [-0.3, -0.25) is 19.5 Å². The van der Waals surface area contributed by atoms with Crippen molar-refractivity contribution in [2.45, 2.75) is 6.54 Å². The molecule has 0 spiro atoms. The van der Waals surface area contributed by atoms with E-state index in [9.17, 15) is 9.59 Å². The number of halogens is 1. The first kappa shape index (κ1) is 26.7. The summed E-state index contributed by atoms with van der Waals surface area (Å²) in [6.45, 7) is 0.124. The first-order chi connectivity index (χ1) is 19.5. The maximum atomic E-state index is 13.4. The minimum atomic E-state index is -0.372. The van der Waals surface area contributed by atoms with Crippen molar-refractivity contribution in [2.24, 2.45) is 0 Å². The molecule has 0 bridgehead atoms. The molecule has 1 aromatic heterocycles. The number of nitrogens with one attached hydrogen (secondary N) is 1. The first-order valence-electron chi connectivity index (χ1n) is 12.7. The van der Waals surface area contributed by atoms with Crippen LogP contribution in [0.5, 0.6) is 5.75 Å². The summed E-state index contributed by atoms with van der Waals surface area (Å²) in [6.07, 6.45) is 1.84. The lowest BCUT2D eigenvalue weighted by atomic mass is 10.1. The van der Waals surface area contributed by atoms with E-state index in [0.29, 0.717) is 28.0 Å². The molecule has 0 aliphatic rings. The van der Waals surface area contributed by atoms with Gasteiger partial charge in [0.1, 0.15) is 12.3 Å². The van der Waals surface area contributed by atoms with Gasteiger partial charge in [0.05, 0.1) is 12.8 Å². The highest BCUT2D eigenvalue weighted by molar-refractivity contribution is 6.30. The lowest BCUT2D eigenvalue weighted by Crippen LogP contribution is -2.38. The van der Waals surface area contributed by atoms with Crippen LogP contribution in [0.25, 0.3) is 16.9 Å². The molecule has 5 aromatic rings. The van der Waals surface area contributed by atoms with E-state index in [1.807, 2.05) is 79.0 Å². The molecule has 7 nitrogen and oxygen atoms in total. The predicted octanol–water partition coefficient (Wildman–Crippen LogP) is 6.48. The SMILES string of the molecule is COc1ccc(-n2cc(-c3ccc(Cl)cc3)nc2NC(=O)CN(Cc2ccccc2)C(=O)c2ccccc2)cc1. The normalized spacial score (nSPS) is 10.7. The summed E-state index contributed by atoms with van der Waals surface area (Å²) < 4.78 is 7.09. The number of hydrogen-bond donors (Lipinski definition) is 1. The molecule has 0 aliphatic heterocycles. The van der Waals surface area contributed by atoms with Crippen LogP contribution in [0.15, 0.2) is 115 Å². The molecule has 2 amide bonds. The van der Waals surface area contributed by atoms with Gasteiger partial charge in [-0.05, 0) is 54.1 Å². The van der Waals surface area contributed by atoms with Gasteiger partial charge in [0.25, 0.3) is 5.91 Å². The van der Waals surface area contributed by atoms with E-state index in [1.165, 1.54) is 4.90 Å². The van der Waals surface area contributed by atoms with Crippen molar-refractivity contribution >= 4 is 29.4 Å². The Labute approximate surface area is 237 Å². The Morgan fingerprint density at radius 3 is 2.17 bits per heavy atom. The maximum absolute atomic E-state index is 13.4. The van der Waals surface area contributed by atoms with Crippen molar-refractivity contribution in [1.82, 2.24) is 14.5 Å². The van der Waals surface area contributed by atoms with Gasteiger partial charge in [-0.25, -0.2) is 4.98 Å². The van der Waals surface area contributed by atoms with E-state index in [0.717, 1.165) is 16.8 Å². The van der Waals surface area contributed by atoms with Gasteiger partial charge in [-0.15, -0.1) is 0 Å². The number of carbonyl (C=O) groups excluding carboxylic acids is 2. The summed E-state index contributed by atoms with van der Waals surface area (Å²) in [5.41, 5.74) is 3.71. The Balaban J connectivity index is 1.44. The van der Waals surface area contributed by atoms with Gasteiger partial charge in [0.2, 0.25) is 11.9 Å². The number of imidazole rings is 1. The van der Waals surface area contributed by atoms with Gasteiger partial charge in [0.15, 0.2) is 0 Å². The molecular weight excluding hydrogens is 524 g/mol. The van der Waals surface area contributed by atoms with Crippen LogP contribution in [0, 0.1) is 0 Å². The Bertz CT molecular complexity index is 1590. The molecule has 5 rings (SSSR count). The van der Waals surface area contributed by atoms with E-state index in [1.54, 1.807) is 48.1 Å². The summed E-state index contributed by atoms with van der Waals surface area (Å²) >= 11 is 6.08. The molecule has 1 heterocycles. The van der Waals surface area contributed by atoms with Crippen molar-refractivity contribution in [3.63, 3.8) is 0 Å². The second-order valence-corrected chi connectivity index (χ2v) is 9.52. The third-order valence-corrected chi connectivity index (χ3v) is 6.56. The van der Waals surface area contributed by atoms with Crippen LogP contribution in [0.4, 0.5) is 5.95 Å². The van der Waals surface area contributed by atoms with Gasteiger partial charge in [-0.2, -0.15) is 0 Å². The van der Waals surface area contributed by atoms with Crippen LogP contribution < -0.4 is 10.1 Å². The molecule has 40 heavy (non-hydrogen) atoms. The minimum absolute atomic E-state index is 0.158. The highest BCUT2D eigenvalue weighted by Crippen LogP contribution is 2.26. The molecule has 1 N–H and O–H groups in total. The summed E-state index contributed by atoms with van der Waals surface area (Å²) in [5, 5.41) is 3.54. The number of benzene rings is 4. The third kappa shape index (κ3) is 6.39. The van der Waals surface area contributed by atoms with Crippen molar-refractivity contribution in [2.75, 3.05) is 19.0 Å². The summed E-state index contributed by atoms with van der Waals surface area (Å²) in [7, 11) is 1.61. The fraction of sp³-hybridized carbons (Fsp3) is 0.0938. The van der Waals surface area contributed by atoms with Crippen molar-refractivity contribution < 1.29 is 14.3 Å². The number of rotatable bonds is 9. The molecular formula is C32H27ClN4O3. The molecule has 0 saturated carbocycles. The molecule has 0 unspecified atom stereocenters. The van der Waals surface area contributed by atoms with Crippen LogP contribution >= 0.6 is 11.6 Å². The monoisotopic (exact) mass is 550 g/mol. The molecule has 0 radical (unpaired) electrons. The van der Waals surface area contributed by atoms with Gasteiger partial charge in [-0.1, -0.05) is 72.3 Å². The molecule has 0 atom stereocenters. The average Bonchev–Trinajstić information content (AvgIpc) is 3.41. The zero-order valence-electron chi connectivity index (χ0n) is 21.8. The number of methoxy groups -OCH3 is 1. The van der Waals surface area contributed by atoms with Crippen molar-refractivity contribution in [3.05, 3.63) is 132 Å². The van der Waals surface area contributed by atoms with Crippen molar-refractivity contribution in [1.29, 1.82) is 0 Å². The largest absolute Gasteiger partial charge is 0.497 e. The van der Waals surface area contributed by atoms with Crippen LogP contribution in [-0.2, 0) is 11.3 Å². The first-order valence-corrected chi connectivity index (χ1v) is 13.1. The van der Waals surface area contributed by atoms with E-state index >= 15 is 0 Å². The van der Waals surface area contributed by atoms with Crippen LogP contribution in [0.1, 0.15) is 15.9 Å². The number of amides is 2. The molecule has 4 aromatic carbocycles. The van der Waals surface area contributed by atoms with Gasteiger partial charge in [0, 0.05) is 34.6 Å². The summed E-state index contributed by atoms with van der Waals surface area (Å²) in [5.74, 6) is 0.429. The van der Waals surface area contributed by atoms with E-state index < -0.39 is 0 Å². The Morgan fingerprint density at radius 1 is 0.875 bits per heavy atom. The number of nitrogens with zero attached hydrogens (tertiary/aromatic N) is 3. The molecule has 0 fully saturated rings. The standard InChI is InChI=1S/C32H27ClN4O3/c1-40-28-18-16-27(17-19-28)37-21-29(24-12-14-26(33)15-13-24)34-32(37)35-30(38)22-36(20-23-8-4-2-5-9-23)31(39)25-10-6-3-7-11-25/h2-19,21H,20,22H2,1H3,(H,34,35,38). The maximum Gasteiger partial charge on any atom is 0.254 e. The fourth-order valence-corrected chi connectivity index (χ4v) is 4.40. The van der Waals surface area contributed by atoms with E-state index in [2.05, 4.69) is 5.32 Å². The number of anilines is 1. The summed E-state index contributed by atoms with van der Waals surface area (Å²) in [6, 6.07) is 33.3. The molecule has 8 heteroatoms. The quantitative estimate of drug-likeness (QED) is 0.228. The fourth-order valence-electron chi connectivity index (χ4n) is 4.27.